The second-order valence-electron chi connectivity index (χ2n) is 6.26. The molecule has 8 heteroatoms. The maximum atomic E-state index is 13.1. The van der Waals surface area contributed by atoms with E-state index in [-0.39, 0.29) is 12.0 Å². The molecule has 7 nitrogen and oxygen atoms in total. The first-order valence-electron chi connectivity index (χ1n) is 7.74. The van der Waals surface area contributed by atoms with Gasteiger partial charge in [-0.2, -0.15) is 9.40 Å². The Morgan fingerprint density at radius 2 is 2.09 bits per heavy atom. The summed E-state index contributed by atoms with van der Waals surface area (Å²) in [5, 5.41) is 4.19. The summed E-state index contributed by atoms with van der Waals surface area (Å²) in [4.78, 5) is 2.53. The summed E-state index contributed by atoms with van der Waals surface area (Å²) in [7, 11) is -1.50. The van der Waals surface area contributed by atoms with Crippen molar-refractivity contribution in [1.82, 2.24) is 19.0 Å². The molecule has 2 atom stereocenters. The van der Waals surface area contributed by atoms with E-state index in [9.17, 15) is 8.42 Å². The van der Waals surface area contributed by atoms with Crippen LogP contribution in [0.1, 0.15) is 12.6 Å². The van der Waals surface area contributed by atoms with Crippen LogP contribution in [0.4, 0.5) is 0 Å². The van der Waals surface area contributed by atoms with E-state index in [1.165, 1.54) is 6.20 Å². The third kappa shape index (κ3) is 2.68. The van der Waals surface area contributed by atoms with E-state index in [1.807, 2.05) is 20.9 Å². The summed E-state index contributed by atoms with van der Waals surface area (Å²) in [6.45, 7) is 7.62. The summed E-state index contributed by atoms with van der Waals surface area (Å²) < 4.78 is 35.3. The van der Waals surface area contributed by atoms with Crippen LogP contribution in [0.15, 0.2) is 11.1 Å². The summed E-state index contributed by atoms with van der Waals surface area (Å²) >= 11 is 0. The van der Waals surface area contributed by atoms with Crippen LogP contribution in [0.3, 0.4) is 0 Å². The summed E-state index contributed by atoms with van der Waals surface area (Å²) in [5.74, 6) is 0.216. The van der Waals surface area contributed by atoms with Gasteiger partial charge in [0.1, 0.15) is 4.90 Å². The molecule has 22 heavy (non-hydrogen) atoms. The number of sulfonamides is 1. The first-order valence-corrected chi connectivity index (χ1v) is 9.18. The Kier molecular flexibility index (Phi) is 4.28. The highest BCUT2D eigenvalue weighted by Gasteiger charge is 2.40. The number of aromatic nitrogens is 2. The second kappa shape index (κ2) is 5.92. The topological polar surface area (TPSA) is 67.7 Å². The van der Waals surface area contributed by atoms with Gasteiger partial charge in [0, 0.05) is 32.1 Å². The Balaban J connectivity index is 1.98. The van der Waals surface area contributed by atoms with Crippen LogP contribution < -0.4 is 0 Å². The number of hydrogen-bond donors (Lipinski definition) is 0. The minimum absolute atomic E-state index is 0.133. The highest BCUT2D eigenvalue weighted by molar-refractivity contribution is 7.89. The molecule has 1 aromatic heterocycles. The van der Waals surface area contributed by atoms with Crippen LogP contribution in [0.2, 0.25) is 0 Å². The molecule has 0 radical (unpaired) electrons. The molecule has 0 spiro atoms. The summed E-state index contributed by atoms with van der Waals surface area (Å²) in [5.41, 5.74) is 0.704. The van der Waals surface area contributed by atoms with Crippen molar-refractivity contribution < 1.29 is 13.2 Å². The minimum atomic E-state index is -3.54. The Hall–Kier alpha value is -0.960. The highest BCUT2D eigenvalue weighted by atomic mass is 32.2. The molecule has 0 aliphatic carbocycles. The van der Waals surface area contributed by atoms with E-state index in [1.54, 1.807) is 8.99 Å². The van der Waals surface area contributed by atoms with Gasteiger partial charge < -0.3 is 9.64 Å². The molecule has 3 rings (SSSR count). The largest absolute Gasteiger partial charge is 0.379 e. The molecule has 0 saturated carbocycles. The maximum Gasteiger partial charge on any atom is 0.246 e. The van der Waals surface area contributed by atoms with E-state index in [4.69, 9.17) is 4.74 Å². The predicted octanol–water partition coefficient (Wildman–Crippen LogP) is 0.163. The van der Waals surface area contributed by atoms with Crippen molar-refractivity contribution >= 4 is 10.0 Å². The smallest absolute Gasteiger partial charge is 0.246 e. The van der Waals surface area contributed by atoms with E-state index in [2.05, 4.69) is 10.00 Å². The van der Waals surface area contributed by atoms with Gasteiger partial charge in [0.05, 0.1) is 31.1 Å². The van der Waals surface area contributed by atoms with Gasteiger partial charge >= 0.3 is 0 Å². The van der Waals surface area contributed by atoms with Crippen molar-refractivity contribution in [3.8, 4) is 0 Å². The van der Waals surface area contributed by atoms with Crippen molar-refractivity contribution in [3.63, 3.8) is 0 Å². The van der Waals surface area contributed by atoms with Gasteiger partial charge in [-0.05, 0) is 20.9 Å². The number of fused-ring (bicyclic) bond motifs is 3. The molecule has 2 saturated heterocycles. The van der Waals surface area contributed by atoms with Crippen molar-refractivity contribution in [3.05, 3.63) is 11.9 Å². The summed E-state index contributed by atoms with van der Waals surface area (Å²) in [6, 6.07) is -0.133. The minimum Gasteiger partial charge on any atom is -0.379 e. The zero-order valence-electron chi connectivity index (χ0n) is 13.4. The lowest BCUT2D eigenvalue weighted by atomic mass is 10.1. The van der Waals surface area contributed by atoms with Crippen LogP contribution >= 0.6 is 0 Å². The SMILES string of the molecule is CCn1ncc(S(=O)(=O)N2C[C@H]3COC[C@@H]2CN(C)C3)c1C. The molecule has 2 bridgehead atoms. The Labute approximate surface area is 131 Å². The van der Waals surface area contributed by atoms with Gasteiger partial charge in [-0.25, -0.2) is 8.42 Å². The average molecular weight is 328 g/mol. The van der Waals surface area contributed by atoms with E-state index >= 15 is 0 Å². The van der Waals surface area contributed by atoms with Crippen molar-refractivity contribution in [2.24, 2.45) is 5.92 Å². The van der Waals surface area contributed by atoms with E-state index in [0.717, 1.165) is 6.54 Å². The monoisotopic (exact) mass is 328 g/mol. The van der Waals surface area contributed by atoms with Gasteiger partial charge in [-0.3, -0.25) is 4.68 Å². The Morgan fingerprint density at radius 3 is 2.77 bits per heavy atom. The van der Waals surface area contributed by atoms with Gasteiger partial charge in [-0.15, -0.1) is 0 Å². The molecule has 1 aromatic rings. The molecular formula is C14H24N4O3S. The van der Waals surface area contributed by atoms with Crippen LogP contribution in [-0.2, 0) is 21.3 Å². The third-order valence-electron chi connectivity index (χ3n) is 4.55. The Morgan fingerprint density at radius 1 is 1.32 bits per heavy atom. The van der Waals surface area contributed by atoms with Crippen molar-refractivity contribution in [1.29, 1.82) is 0 Å². The standard InChI is InChI=1S/C14H24N4O3S/c1-4-17-11(2)14(5-15-17)22(19,20)18-7-12-6-16(3)8-13(18)10-21-9-12/h5,12-13H,4,6-10H2,1-3H3/t12-,13-/m0/s1. The number of likely N-dealkylation sites (N-methyl/N-ethyl adjacent to an activating group) is 1. The van der Waals surface area contributed by atoms with Crippen LogP contribution in [0, 0.1) is 12.8 Å². The second-order valence-corrected chi connectivity index (χ2v) is 8.12. The fourth-order valence-corrected chi connectivity index (χ4v) is 5.30. The van der Waals surface area contributed by atoms with Crippen molar-refractivity contribution in [2.45, 2.75) is 31.3 Å². The van der Waals surface area contributed by atoms with Crippen molar-refractivity contribution in [2.75, 3.05) is 39.9 Å². The number of hydrogen-bond acceptors (Lipinski definition) is 5. The molecule has 2 aliphatic rings. The quantitative estimate of drug-likeness (QED) is 0.791. The Bertz CT molecular complexity index is 643. The molecule has 0 amide bonds. The molecule has 0 N–H and O–H groups in total. The number of rotatable bonds is 3. The fourth-order valence-electron chi connectivity index (χ4n) is 3.46. The van der Waals surface area contributed by atoms with Crippen LogP contribution in [0.5, 0.6) is 0 Å². The molecule has 0 aromatic carbocycles. The maximum absolute atomic E-state index is 13.1. The van der Waals surface area contributed by atoms with E-state index < -0.39 is 10.0 Å². The summed E-state index contributed by atoms with van der Waals surface area (Å²) in [6.07, 6.45) is 1.48. The first-order chi connectivity index (χ1) is 10.4. The lowest BCUT2D eigenvalue weighted by Crippen LogP contribution is -2.45. The van der Waals surface area contributed by atoms with Gasteiger partial charge in [0.25, 0.3) is 0 Å². The van der Waals surface area contributed by atoms with Gasteiger partial charge in [-0.1, -0.05) is 0 Å². The van der Waals surface area contributed by atoms with E-state index in [0.29, 0.717) is 43.4 Å². The normalized spacial score (nSPS) is 27.8. The zero-order valence-corrected chi connectivity index (χ0v) is 14.2. The zero-order chi connectivity index (χ0) is 15.9. The molecule has 124 valence electrons. The van der Waals surface area contributed by atoms with Crippen LogP contribution in [-0.4, -0.2) is 73.3 Å². The predicted molar refractivity (Wildman–Crippen MR) is 82.1 cm³/mol. The average Bonchev–Trinajstić information content (AvgIpc) is 2.61. The van der Waals surface area contributed by atoms with Gasteiger partial charge in [0.2, 0.25) is 10.0 Å². The number of nitrogens with zero attached hydrogens (tertiary/aromatic N) is 4. The lowest BCUT2D eigenvalue weighted by Gasteiger charge is -2.28. The number of ether oxygens (including phenoxy) is 1. The lowest BCUT2D eigenvalue weighted by molar-refractivity contribution is 0.0659. The van der Waals surface area contributed by atoms with Crippen LogP contribution in [0.25, 0.3) is 0 Å². The fraction of sp³-hybridized carbons (Fsp3) is 0.786. The number of aryl methyl sites for hydroxylation is 1. The molecule has 2 fully saturated rings. The van der Waals surface area contributed by atoms with Gasteiger partial charge in [0.15, 0.2) is 0 Å². The highest BCUT2D eigenvalue weighted by Crippen LogP contribution is 2.27. The molecule has 2 aliphatic heterocycles. The molecule has 0 unspecified atom stereocenters. The molecular weight excluding hydrogens is 304 g/mol. The molecule has 3 heterocycles. The third-order valence-corrected chi connectivity index (χ3v) is 6.57. The first kappa shape index (κ1) is 15.9.